The van der Waals surface area contributed by atoms with Gasteiger partial charge in [0.1, 0.15) is 11.5 Å². The van der Waals surface area contributed by atoms with E-state index >= 15 is 0 Å². The lowest BCUT2D eigenvalue weighted by Crippen LogP contribution is -2.35. The second-order valence-electron chi connectivity index (χ2n) is 7.29. The molecule has 7 heteroatoms. The van der Waals surface area contributed by atoms with Crippen molar-refractivity contribution in [3.8, 4) is 11.3 Å². The highest BCUT2D eigenvalue weighted by atomic mass is 16.6. The van der Waals surface area contributed by atoms with E-state index in [4.69, 9.17) is 4.42 Å². The average Bonchev–Trinajstić information content (AvgIpc) is 3.29. The van der Waals surface area contributed by atoms with Gasteiger partial charge in [-0.3, -0.25) is 19.8 Å². The van der Waals surface area contributed by atoms with Crippen LogP contribution in [0.3, 0.4) is 0 Å². The first-order chi connectivity index (χ1) is 12.5. The van der Waals surface area contributed by atoms with Crippen molar-refractivity contribution in [1.82, 2.24) is 4.90 Å². The number of hydrogen-bond donors (Lipinski definition) is 1. The number of aliphatic carboxylic acids is 1. The number of carboxylic acids is 1. The van der Waals surface area contributed by atoms with Gasteiger partial charge in [0.05, 0.1) is 16.9 Å². The summed E-state index contributed by atoms with van der Waals surface area (Å²) in [5, 5.41) is 20.4. The lowest BCUT2D eigenvalue weighted by Gasteiger charge is -2.23. The van der Waals surface area contributed by atoms with Crippen molar-refractivity contribution in [2.24, 2.45) is 11.3 Å². The second-order valence-corrected chi connectivity index (χ2v) is 7.29. The van der Waals surface area contributed by atoms with Crippen LogP contribution in [0.25, 0.3) is 11.3 Å². The van der Waals surface area contributed by atoms with Crippen molar-refractivity contribution < 1.29 is 19.2 Å². The predicted octanol–water partition coefficient (Wildman–Crippen LogP) is 3.54. The van der Waals surface area contributed by atoms with Crippen molar-refractivity contribution in [2.75, 3.05) is 13.1 Å². The van der Waals surface area contributed by atoms with E-state index in [1.54, 1.807) is 12.1 Å². The Balaban J connectivity index is 1.46. The largest absolute Gasteiger partial charge is 0.481 e. The fourth-order valence-corrected chi connectivity index (χ4v) is 4.45. The van der Waals surface area contributed by atoms with Crippen molar-refractivity contribution in [3.05, 3.63) is 52.3 Å². The summed E-state index contributed by atoms with van der Waals surface area (Å²) < 4.78 is 5.89. The van der Waals surface area contributed by atoms with Crippen LogP contribution in [0.2, 0.25) is 0 Å². The highest BCUT2D eigenvalue weighted by Crippen LogP contribution is 2.49. The van der Waals surface area contributed by atoms with Gasteiger partial charge in [0.25, 0.3) is 5.69 Å². The number of furan rings is 1. The summed E-state index contributed by atoms with van der Waals surface area (Å²) in [6.45, 7) is 1.94. The van der Waals surface area contributed by atoms with Crippen LogP contribution < -0.4 is 0 Å². The zero-order chi connectivity index (χ0) is 18.3. The third-order valence-electron chi connectivity index (χ3n) is 5.77. The Kier molecular flexibility index (Phi) is 4.03. The number of nitro benzene ring substituents is 1. The molecule has 7 nitrogen and oxygen atoms in total. The van der Waals surface area contributed by atoms with Gasteiger partial charge in [0, 0.05) is 30.8 Å². The first kappa shape index (κ1) is 16.8. The van der Waals surface area contributed by atoms with E-state index < -0.39 is 16.3 Å². The molecule has 2 aliphatic rings. The lowest BCUT2D eigenvalue weighted by atomic mass is 9.81. The minimum absolute atomic E-state index is 0.0445. The zero-order valence-electron chi connectivity index (χ0n) is 14.3. The molecule has 2 atom stereocenters. The Morgan fingerprint density at radius 2 is 2.08 bits per heavy atom. The van der Waals surface area contributed by atoms with Crippen molar-refractivity contribution in [2.45, 2.75) is 25.8 Å². The Morgan fingerprint density at radius 3 is 2.73 bits per heavy atom. The Morgan fingerprint density at radius 1 is 1.31 bits per heavy atom. The number of carbonyl (C=O) groups is 1. The summed E-state index contributed by atoms with van der Waals surface area (Å²) in [4.78, 5) is 24.2. The van der Waals surface area contributed by atoms with Gasteiger partial charge in [-0.1, -0.05) is 6.42 Å². The molecule has 2 aromatic rings. The summed E-state index contributed by atoms with van der Waals surface area (Å²) >= 11 is 0. The predicted molar refractivity (Wildman–Crippen MR) is 93.5 cm³/mol. The van der Waals surface area contributed by atoms with Gasteiger partial charge in [-0.2, -0.15) is 0 Å². The molecule has 0 spiro atoms. The normalized spacial score (nSPS) is 25.3. The Hall–Kier alpha value is -2.67. The quantitative estimate of drug-likeness (QED) is 0.650. The number of likely N-dealkylation sites (tertiary alicyclic amines) is 1. The number of non-ortho nitro benzene ring substituents is 1. The molecule has 136 valence electrons. The molecule has 26 heavy (non-hydrogen) atoms. The van der Waals surface area contributed by atoms with E-state index in [0.29, 0.717) is 18.8 Å². The maximum atomic E-state index is 11.8. The van der Waals surface area contributed by atoms with Crippen LogP contribution >= 0.6 is 0 Å². The van der Waals surface area contributed by atoms with E-state index in [2.05, 4.69) is 4.90 Å². The molecule has 1 aliphatic heterocycles. The van der Waals surface area contributed by atoms with Gasteiger partial charge in [0.15, 0.2) is 0 Å². The summed E-state index contributed by atoms with van der Waals surface area (Å²) in [6.07, 6.45) is 2.74. The number of rotatable bonds is 5. The van der Waals surface area contributed by atoms with E-state index in [9.17, 15) is 20.0 Å². The van der Waals surface area contributed by atoms with Gasteiger partial charge >= 0.3 is 5.97 Å². The number of nitrogens with zero attached hydrogens (tertiary/aromatic N) is 2. The molecule has 1 saturated heterocycles. The molecule has 1 N–H and O–H groups in total. The van der Waals surface area contributed by atoms with E-state index in [0.717, 1.165) is 37.1 Å². The van der Waals surface area contributed by atoms with Crippen molar-refractivity contribution in [3.63, 3.8) is 0 Å². The third-order valence-corrected chi connectivity index (χ3v) is 5.77. The van der Waals surface area contributed by atoms with Crippen molar-refractivity contribution >= 4 is 11.7 Å². The minimum Gasteiger partial charge on any atom is -0.481 e. The highest BCUT2D eigenvalue weighted by molar-refractivity contribution is 5.76. The Labute approximate surface area is 150 Å². The van der Waals surface area contributed by atoms with Crippen LogP contribution in [-0.4, -0.2) is 34.0 Å². The standard InChI is InChI=1S/C19H20N2O5/c22-18(23)19-9-1-2-14(19)10-20(12-19)11-16-7-8-17(26-16)13-3-5-15(6-4-13)21(24)25/h3-8,14H,1-2,9-12H2,(H,22,23)/t14-,19+/m0/s1. The first-order valence-electron chi connectivity index (χ1n) is 8.77. The maximum absolute atomic E-state index is 11.8. The van der Waals surface area contributed by atoms with Crippen LogP contribution in [0.5, 0.6) is 0 Å². The molecule has 0 unspecified atom stereocenters. The smallest absolute Gasteiger partial charge is 0.311 e. The summed E-state index contributed by atoms with van der Waals surface area (Å²) in [5.74, 6) is 0.985. The average molecular weight is 356 g/mol. The monoisotopic (exact) mass is 356 g/mol. The number of carboxylic acid groups (broad SMARTS) is 1. The van der Waals surface area contributed by atoms with Crippen LogP contribution in [-0.2, 0) is 11.3 Å². The fraction of sp³-hybridized carbons (Fsp3) is 0.421. The van der Waals surface area contributed by atoms with E-state index in [-0.39, 0.29) is 11.6 Å². The minimum atomic E-state index is -0.673. The Bertz CT molecular complexity index is 844. The van der Waals surface area contributed by atoms with Crippen LogP contribution in [0, 0.1) is 21.4 Å². The molecule has 1 aromatic carbocycles. The molecule has 2 heterocycles. The first-order valence-corrected chi connectivity index (χ1v) is 8.77. The number of benzene rings is 1. The molecule has 0 amide bonds. The molecular weight excluding hydrogens is 336 g/mol. The second kappa shape index (κ2) is 6.25. The molecular formula is C19H20N2O5. The summed E-state index contributed by atoms with van der Waals surface area (Å²) in [6, 6.07) is 9.98. The molecule has 0 radical (unpaired) electrons. The molecule has 0 bridgehead atoms. The fourth-order valence-electron chi connectivity index (χ4n) is 4.45. The third kappa shape index (κ3) is 2.78. The molecule has 4 rings (SSSR count). The number of hydrogen-bond acceptors (Lipinski definition) is 5. The zero-order valence-corrected chi connectivity index (χ0v) is 14.3. The SMILES string of the molecule is O=C(O)[C@@]12CCC[C@H]1CN(Cc1ccc(-c3ccc([N+](=O)[O-])cc3)o1)C2. The van der Waals surface area contributed by atoms with Gasteiger partial charge in [-0.05, 0) is 43.0 Å². The number of fused-ring (bicyclic) bond motifs is 1. The summed E-state index contributed by atoms with van der Waals surface area (Å²) in [5.41, 5.74) is 0.235. The van der Waals surface area contributed by atoms with Gasteiger partial charge < -0.3 is 9.52 Å². The van der Waals surface area contributed by atoms with Gasteiger partial charge in [0.2, 0.25) is 0 Å². The molecule has 1 saturated carbocycles. The lowest BCUT2D eigenvalue weighted by molar-refractivity contribution is -0.384. The van der Waals surface area contributed by atoms with Crippen molar-refractivity contribution in [1.29, 1.82) is 0 Å². The topological polar surface area (TPSA) is 96.8 Å². The maximum Gasteiger partial charge on any atom is 0.311 e. The molecule has 2 fully saturated rings. The van der Waals surface area contributed by atoms with E-state index in [1.807, 2.05) is 12.1 Å². The van der Waals surface area contributed by atoms with Crippen LogP contribution in [0.4, 0.5) is 5.69 Å². The van der Waals surface area contributed by atoms with E-state index in [1.165, 1.54) is 12.1 Å². The molecule has 1 aromatic heterocycles. The van der Waals surface area contributed by atoms with Crippen LogP contribution in [0.1, 0.15) is 25.0 Å². The van der Waals surface area contributed by atoms with Gasteiger partial charge in [-0.25, -0.2) is 0 Å². The summed E-state index contributed by atoms with van der Waals surface area (Å²) in [7, 11) is 0. The van der Waals surface area contributed by atoms with Crippen LogP contribution in [0.15, 0.2) is 40.8 Å². The number of nitro groups is 1. The molecule has 1 aliphatic carbocycles. The highest BCUT2D eigenvalue weighted by Gasteiger charge is 2.54. The van der Waals surface area contributed by atoms with Gasteiger partial charge in [-0.15, -0.1) is 0 Å².